The highest BCUT2D eigenvalue weighted by atomic mass is 31.2. The van der Waals surface area contributed by atoms with Crippen molar-refractivity contribution < 1.29 is 42.7 Å². The highest BCUT2D eigenvalue weighted by Gasteiger charge is 2.66. The molecule has 12 nitrogen and oxygen atoms in total. The summed E-state index contributed by atoms with van der Waals surface area (Å²) in [5, 5.41) is 5.51. The van der Waals surface area contributed by atoms with Crippen LogP contribution >= 0.6 is 7.37 Å². The zero-order valence-electron chi connectivity index (χ0n) is 33.9. The van der Waals surface area contributed by atoms with E-state index >= 15 is 0 Å². The van der Waals surface area contributed by atoms with Crippen LogP contribution < -0.4 is 29.6 Å². The van der Waals surface area contributed by atoms with Crippen LogP contribution in [0.4, 0.5) is 4.79 Å². The third-order valence-corrected chi connectivity index (χ3v) is 14.2. The van der Waals surface area contributed by atoms with Gasteiger partial charge in [-0.2, -0.15) is 0 Å². The number of rotatable bonds is 13. The van der Waals surface area contributed by atoms with Crippen molar-refractivity contribution in [3.8, 4) is 28.5 Å². The van der Waals surface area contributed by atoms with Crippen LogP contribution in [0.3, 0.4) is 0 Å². The van der Waals surface area contributed by atoms with E-state index in [1.54, 1.807) is 37.5 Å². The number of nitrogens with zero attached hydrogens (tertiary/aromatic N) is 1. The number of nitrogens with one attached hydrogen (secondary N) is 3. The van der Waals surface area contributed by atoms with Gasteiger partial charge < -0.3 is 34.3 Å². The van der Waals surface area contributed by atoms with Crippen molar-refractivity contribution >= 4 is 36.2 Å². The first kappa shape index (κ1) is 40.8. The minimum Gasteiger partial charge on any atom is -0.497 e. The molecule has 0 radical (unpaired) electrons. The molecule has 3 fully saturated rings. The molecular weight excluding hydrogens is 755 g/mol. The Bertz CT molecular complexity index is 2210. The van der Waals surface area contributed by atoms with Crippen molar-refractivity contribution in [1.82, 2.24) is 15.5 Å². The summed E-state index contributed by atoms with van der Waals surface area (Å²) in [5.41, 5.74) is 1.76. The number of likely N-dealkylation sites (tertiary alicyclic amines) is 1. The molecule has 306 valence electrons. The van der Waals surface area contributed by atoms with Crippen molar-refractivity contribution in [3.63, 3.8) is 0 Å². The molecule has 3 aromatic carbocycles. The summed E-state index contributed by atoms with van der Waals surface area (Å²) in [4.78, 5) is 47.8. The molecule has 6 atom stereocenters. The van der Waals surface area contributed by atoms with E-state index < -0.39 is 54.2 Å². The second-order valence-electron chi connectivity index (χ2n) is 16.8. The number of pyridine rings is 1. The topological polar surface area (TPSA) is 147 Å². The number of amides is 3. The van der Waals surface area contributed by atoms with Gasteiger partial charge in [0.05, 0.1) is 31.2 Å². The first-order chi connectivity index (χ1) is 27.7. The quantitative estimate of drug-likeness (QED) is 0.103. The maximum absolute atomic E-state index is 14.8. The summed E-state index contributed by atoms with van der Waals surface area (Å²) in [5.74, 6) is 0.379. The molecule has 3 unspecified atom stereocenters. The molecule has 3 N–H and O–H groups in total. The number of hydrogen-bond donors (Lipinski definition) is 2. The van der Waals surface area contributed by atoms with Crippen LogP contribution in [-0.2, 0) is 18.9 Å². The van der Waals surface area contributed by atoms with Crippen LogP contribution in [0.5, 0.6) is 17.2 Å². The van der Waals surface area contributed by atoms with Crippen molar-refractivity contribution in [1.29, 1.82) is 0 Å². The van der Waals surface area contributed by atoms with Gasteiger partial charge in [0, 0.05) is 24.6 Å². The second kappa shape index (κ2) is 16.5. The Hall–Kier alpha value is -5.35. The predicted octanol–water partition coefficient (Wildman–Crippen LogP) is 7.77. The summed E-state index contributed by atoms with van der Waals surface area (Å²) < 4.78 is 38.6. The zero-order valence-corrected chi connectivity index (χ0v) is 34.8. The lowest BCUT2D eigenvalue weighted by atomic mass is 9.85. The van der Waals surface area contributed by atoms with Crippen molar-refractivity contribution in [2.24, 2.45) is 11.3 Å². The fraction of sp³-hybridized carbons (Fsp3) is 0.422. The smallest absolute Gasteiger partial charge is 0.408 e. The van der Waals surface area contributed by atoms with Crippen LogP contribution in [0.15, 0.2) is 97.6 Å². The molecule has 1 aromatic heterocycles. The average Bonchev–Trinajstić information content (AvgIpc) is 3.46. The minimum atomic E-state index is -3.56. The van der Waals surface area contributed by atoms with Crippen LogP contribution in [-0.4, -0.2) is 72.7 Å². The number of ether oxygens (including phenoxy) is 3. The Kier molecular flexibility index (Phi) is 11.6. The van der Waals surface area contributed by atoms with Gasteiger partial charge in [-0.1, -0.05) is 63.2 Å². The summed E-state index contributed by atoms with van der Waals surface area (Å²) in [7, 11) is -1.95. The van der Waals surface area contributed by atoms with Gasteiger partial charge in [0.2, 0.25) is 23.0 Å². The molecule has 0 bridgehead atoms. The van der Waals surface area contributed by atoms with Crippen LogP contribution in [0, 0.1) is 11.3 Å². The van der Waals surface area contributed by atoms with Crippen molar-refractivity contribution in [2.45, 2.75) is 88.9 Å². The Labute approximate surface area is 340 Å². The number of fused-ring (bicyclic) bond motifs is 1. The second-order valence-corrected chi connectivity index (χ2v) is 19.4. The third kappa shape index (κ3) is 8.58. The summed E-state index contributed by atoms with van der Waals surface area (Å²) >= 11 is 0. The molecule has 0 spiro atoms. The Morgan fingerprint density at radius 2 is 1.66 bits per heavy atom. The zero-order chi connectivity index (χ0) is 41.2. The molecule has 1 saturated heterocycles. The SMILES string of the molecule is C=C[C@@H]1C[C@]1(NC(=O)[C@@H]1CC(Oc2cc(-c3ccccc3)[nH+]c3cc(OC)ccc23)CN1C(=O)C(NC(=O)OC1CCCC1)C(C)(C)C)P(C)(=O)Oc1ccccc1. The normalized spacial score (nSPS) is 23.3. The number of H-pyrrole nitrogens is 1. The first-order valence-corrected chi connectivity index (χ1v) is 22.1. The largest absolute Gasteiger partial charge is 0.497 e. The number of carbonyl (C=O) groups is 3. The van der Waals surface area contributed by atoms with Gasteiger partial charge in [0.25, 0.3) is 7.37 Å². The molecular formula is C45H54N4O8P+. The van der Waals surface area contributed by atoms with Crippen LogP contribution in [0.25, 0.3) is 22.2 Å². The molecule has 4 aromatic rings. The van der Waals surface area contributed by atoms with Crippen molar-refractivity contribution in [2.75, 3.05) is 20.3 Å². The molecule has 7 rings (SSSR count). The van der Waals surface area contributed by atoms with E-state index in [1.165, 1.54) is 11.6 Å². The maximum atomic E-state index is 14.8. The lowest BCUT2D eigenvalue weighted by Crippen LogP contribution is -2.58. The highest BCUT2D eigenvalue weighted by Crippen LogP contribution is 2.69. The molecule has 2 saturated carbocycles. The number of methoxy groups -OCH3 is 1. The van der Waals surface area contributed by atoms with Gasteiger partial charge >= 0.3 is 6.09 Å². The molecule has 2 heterocycles. The number of benzene rings is 3. The summed E-state index contributed by atoms with van der Waals surface area (Å²) in [6.45, 7) is 11.1. The summed E-state index contributed by atoms with van der Waals surface area (Å²) in [6.07, 6.45) is 4.19. The monoisotopic (exact) mass is 809 g/mol. The van der Waals surface area contributed by atoms with E-state index in [1.807, 2.05) is 81.4 Å². The van der Waals surface area contributed by atoms with E-state index in [4.69, 9.17) is 18.7 Å². The number of carbonyl (C=O) groups excluding carboxylic acids is 3. The number of para-hydroxylation sites is 1. The molecule has 58 heavy (non-hydrogen) atoms. The minimum absolute atomic E-state index is 0.0436. The Morgan fingerprint density at radius 3 is 2.29 bits per heavy atom. The van der Waals surface area contributed by atoms with Crippen molar-refractivity contribution in [3.05, 3.63) is 97.6 Å². The average molecular weight is 810 g/mol. The maximum Gasteiger partial charge on any atom is 0.408 e. The number of hydrogen-bond acceptors (Lipinski definition) is 8. The van der Waals surface area contributed by atoms with Gasteiger partial charge in [-0.05, 0) is 73.9 Å². The number of alkyl carbamates (subject to hydrolysis) is 1. The predicted molar refractivity (Wildman–Crippen MR) is 222 cm³/mol. The summed E-state index contributed by atoms with van der Waals surface area (Å²) in [6, 6.07) is 24.2. The van der Waals surface area contributed by atoms with E-state index in [0.29, 0.717) is 23.7 Å². The van der Waals surface area contributed by atoms with E-state index in [9.17, 15) is 18.9 Å². The molecule has 1 aliphatic heterocycles. The standard InChI is InChI=1S/C45H53N4O8P/c1-7-30-27-45(30,58(6,53)57-32-20-12-9-13-21-32)48-41(50)38-25-34(28-49(38)42(51)40(44(2,3)4)47-43(52)56-31-18-14-15-19-31)55-39-26-36(29-16-10-8-11-17-29)46-37-24-33(54-5)22-23-35(37)39/h7-13,16-17,20-24,26,30-31,34,38,40H,1,14-15,18-19,25,27-28H2,2-6H3,(H,47,52)(H,48,50)/p+1/t30-,34?,38+,40?,45+,58?/m1/s1. The van der Waals surface area contributed by atoms with E-state index in [-0.39, 0.29) is 25.0 Å². The van der Waals surface area contributed by atoms with Gasteiger partial charge in [-0.25, -0.2) is 9.78 Å². The number of aromatic nitrogens is 1. The van der Waals surface area contributed by atoms with Gasteiger partial charge in [-0.15, -0.1) is 6.58 Å². The molecule has 3 amide bonds. The van der Waals surface area contributed by atoms with E-state index in [0.717, 1.165) is 47.8 Å². The van der Waals surface area contributed by atoms with Crippen LogP contribution in [0.1, 0.15) is 59.3 Å². The van der Waals surface area contributed by atoms with Crippen LogP contribution in [0.2, 0.25) is 0 Å². The third-order valence-electron chi connectivity index (χ3n) is 11.6. The lowest BCUT2D eigenvalue weighted by molar-refractivity contribution is -0.331. The van der Waals surface area contributed by atoms with Gasteiger partial charge in [-0.3, -0.25) is 14.2 Å². The fourth-order valence-electron chi connectivity index (χ4n) is 8.24. The molecule has 3 aliphatic rings. The van der Waals surface area contributed by atoms with Gasteiger partial charge in [0.15, 0.2) is 0 Å². The van der Waals surface area contributed by atoms with E-state index in [2.05, 4.69) is 22.2 Å². The molecule has 13 heteroatoms. The Balaban J connectivity index is 1.22. The Morgan fingerprint density at radius 1 is 0.966 bits per heavy atom. The molecule has 2 aliphatic carbocycles. The lowest BCUT2D eigenvalue weighted by Gasteiger charge is -2.36. The van der Waals surface area contributed by atoms with Gasteiger partial charge in [0.1, 0.15) is 46.8 Å². The first-order valence-electron chi connectivity index (χ1n) is 20.0. The fourth-order valence-corrected chi connectivity index (χ4v) is 10.5. The highest BCUT2D eigenvalue weighted by molar-refractivity contribution is 7.60. The number of aromatic amines is 1.